The Kier molecular flexibility index (Phi) is 6.94. The molecule has 2 atom stereocenters. The van der Waals surface area contributed by atoms with Crippen molar-refractivity contribution in [2.45, 2.75) is 16.4 Å². The van der Waals surface area contributed by atoms with Crippen molar-refractivity contribution < 1.29 is 31.5 Å². The Labute approximate surface area is 216 Å². The molecule has 2 N–H and O–H groups in total. The van der Waals surface area contributed by atoms with Crippen LogP contribution in [0.15, 0.2) is 60.7 Å². The van der Waals surface area contributed by atoms with Gasteiger partial charge in [0.2, 0.25) is 5.91 Å². The van der Waals surface area contributed by atoms with Gasteiger partial charge in [0.25, 0.3) is 5.91 Å². The first kappa shape index (κ1) is 26.2. The van der Waals surface area contributed by atoms with Crippen LogP contribution in [-0.4, -0.2) is 16.1 Å². The molecule has 36 heavy (non-hydrogen) atoms. The zero-order valence-electron chi connectivity index (χ0n) is 17.8. The van der Waals surface area contributed by atoms with Gasteiger partial charge >= 0.3 is 6.18 Å². The van der Waals surface area contributed by atoms with E-state index in [1.165, 1.54) is 0 Å². The van der Waals surface area contributed by atoms with Crippen LogP contribution in [0.3, 0.4) is 0 Å². The summed E-state index contributed by atoms with van der Waals surface area (Å²) in [4.78, 5) is 25.5. The van der Waals surface area contributed by atoms with Crippen molar-refractivity contribution >= 4 is 58.0 Å². The van der Waals surface area contributed by atoms with Gasteiger partial charge in [0.15, 0.2) is 0 Å². The van der Waals surface area contributed by atoms with E-state index in [-0.39, 0.29) is 16.1 Å². The minimum Gasteiger partial charge on any atom is -0.323 e. The highest BCUT2D eigenvalue weighted by molar-refractivity contribution is 6.53. The van der Waals surface area contributed by atoms with Gasteiger partial charge in [-0.2, -0.15) is 13.2 Å². The smallest absolute Gasteiger partial charge is 0.323 e. The molecule has 188 valence electrons. The molecule has 0 bridgehead atoms. The minimum atomic E-state index is -4.98. The van der Waals surface area contributed by atoms with E-state index in [2.05, 4.69) is 10.6 Å². The minimum absolute atomic E-state index is 0.117. The van der Waals surface area contributed by atoms with Crippen molar-refractivity contribution in [3.05, 3.63) is 94.0 Å². The third-order valence-electron chi connectivity index (χ3n) is 5.58. The van der Waals surface area contributed by atoms with E-state index < -0.39 is 57.0 Å². The van der Waals surface area contributed by atoms with Gasteiger partial charge in [-0.1, -0.05) is 35.9 Å². The molecule has 1 fully saturated rings. The van der Waals surface area contributed by atoms with E-state index in [0.717, 1.165) is 18.2 Å². The maximum atomic E-state index is 14.5. The van der Waals surface area contributed by atoms with Gasteiger partial charge in [0.05, 0.1) is 27.8 Å². The summed E-state index contributed by atoms with van der Waals surface area (Å²) in [5.41, 5.74) is -1.78. The summed E-state index contributed by atoms with van der Waals surface area (Å²) >= 11 is 18.3. The highest BCUT2D eigenvalue weighted by atomic mass is 35.5. The number of amides is 2. The second-order valence-electron chi connectivity index (χ2n) is 7.99. The highest BCUT2D eigenvalue weighted by Gasteiger charge is 2.67. The van der Waals surface area contributed by atoms with Gasteiger partial charge < -0.3 is 10.6 Å². The lowest BCUT2D eigenvalue weighted by atomic mass is 10.0. The third kappa shape index (κ3) is 5.14. The second kappa shape index (κ2) is 9.53. The summed E-state index contributed by atoms with van der Waals surface area (Å²) in [6.07, 6.45) is -4.98. The molecule has 0 saturated heterocycles. The Bertz CT molecular complexity index is 1350. The maximum Gasteiger partial charge on any atom is 0.419 e. The monoisotopic (exact) mass is 562 g/mol. The lowest BCUT2D eigenvalue weighted by Gasteiger charge is -2.12. The number of halogens is 8. The van der Waals surface area contributed by atoms with Crippen molar-refractivity contribution in [1.29, 1.82) is 0 Å². The zero-order valence-corrected chi connectivity index (χ0v) is 20.0. The summed E-state index contributed by atoms with van der Waals surface area (Å²) < 4.78 is 65.7. The van der Waals surface area contributed by atoms with E-state index in [1.54, 1.807) is 30.3 Å². The van der Waals surface area contributed by atoms with Crippen LogP contribution in [0.1, 0.15) is 27.4 Å². The summed E-state index contributed by atoms with van der Waals surface area (Å²) in [6, 6.07) is 12.3. The topological polar surface area (TPSA) is 58.2 Å². The van der Waals surface area contributed by atoms with E-state index in [4.69, 9.17) is 34.8 Å². The molecule has 0 radical (unpaired) electrons. The number of alkyl halides is 5. The maximum absolute atomic E-state index is 14.5. The van der Waals surface area contributed by atoms with E-state index in [1.807, 2.05) is 0 Å². The van der Waals surface area contributed by atoms with Crippen LogP contribution in [0.5, 0.6) is 0 Å². The van der Waals surface area contributed by atoms with Crippen LogP contribution in [0, 0.1) is 17.6 Å². The van der Waals surface area contributed by atoms with Crippen LogP contribution in [0.25, 0.3) is 0 Å². The molecule has 4 rings (SSSR count). The molecule has 3 aromatic rings. The second-order valence-corrected chi connectivity index (χ2v) is 9.84. The number of hydrogen-bond acceptors (Lipinski definition) is 2. The number of anilines is 2. The van der Waals surface area contributed by atoms with Gasteiger partial charge in [-0.25, -0.2) is 8.78 Å². The molecule has 1 aliphatic rings. The normalized spacial score (nSPS) is 18.4. The fourth-order valence-corrected chi connectivity index (χ4v) is 4.83. The molecule has 0 aromatic heterocycles. The van der Waals surface area contributed by atoms with Crippen LogP contribution in [0.2, 0.25) is 5.02 Å². The summed E-state index contributed by atoms with van der Waals surface area (Å²) in [7, 11) is 0. The summed E-state index contributed by atoms with van der Waals surface area (Å²) in [5.74, 6) is -6.48. The van der Waals surface area contributed by atoms with Crippen LogP contribution >= 0.6 is 34.8 Å². The van der Waals surface area contributed by atoms with Gasteiger partial charge in [0, 0.05) is 11.6 Å². The number of rotatable bonds is 5. The lowest BCUT2D eigenvalue weighted by Crippen LogP contribution is -2.19. The number of nitrogens with one attached hydrogen (secondary N) is 2. The van der Waals surface area contributed by atoms with Crippen LogP contribution < -0.4 is 10.6 Å². The molecule has 12 heteroatoms. The third-order valence-corrected chi connectivity index (χ3v) is 6.83. The Morgan fingerprint density at radius 2 is 1.56 bits per heavy atom. The van der Waals surface area contributed by atoms with Crippen LogP contribution in [0.4, 0.5) is 33.3 Å². The predicted molar refractivity (Wildman–Crippen MR) is 127 cm³/mol. The van der Waals surface area contributed by atoms with E-state index >= 15 is 0 Å². The van der Waals surface area contributed by atoms with E-state index in [0.29, 0.717) is 17.8 Å². The molecule has 4 nitrogen and oxygen atoms in total. The molecule has 0 heterocycles. The molecule has 2 amide bonds. The number of para-hydroxylation sites is 1. The van der Waals surface area contributed by atoms with Gasteiger partial charge in [0.1, 0.15) is 16.0 Å². The first-order valence-electron chi connectivity index (χ1n) is 10.2. The zero-order chi connectivity index (χ0) is 26.4. The SMILES string of the molecule is O=C(Nc1ccccc1)c1cc(NC(=O)[C@H]2[C@H](c3ccc(F)c(C(F)(F)F)c3)C2(Cl)Cl)c(F)cc1Cl. The number of hydrogen-bond donors (Lipinski definition) is 2. The lowest BCUT2D eigenvalue weighted by molar-refractivity contribution is -0.140. The number of carbonyl (C=O) groups excluding carboxylic acids is 2. The van der Waals surface area contributed by atoms with Gasteiger partial charge in [-0.15, -0.1) is 23.2 Å². The largest absolute Gasteiger partial charge is 0.419 e. The molecule has 1 saturated carbocycles. The van der Waals surface area contributed by atoms with E-state index in [9.17, 15) is 31.5 Å². The molecule has 3 aromatic carbocycles. The first-order valence-corrected chi connectivity index (χ1v) is 11.3. The van der Waals surface area contributed by atoms with Crippen molar-refractivity contribution in [1.82, 2.24) is 0 Å². The quantitative estimate of drug-likeness (QED) is 0.251. The molecule has 0 unspecified atom stereocenters. The van der Waals surface area contributed by atoms with Crippen molar-refractivity contribution in [3.63, 3.8) is 0 Å². The van der Waals surface area contributed by atoms with Crippen molar-refractivity contribution in [3.8, 4) is 0 Å². The predicted octanol–water partition coefficient (Wildman–Crippen LogP) is 7.42. The Hall–Kier alpha value is -2.88. The summed E-state index contributed by atoms with van der Waals surface area (Å²) in [6.45, 7) is 0. The average Bonchev–Trinajstić information content (AvgIpc) is 3.37. The Balaban J connectivity index is 1.56. The van der Waals surface area contributed by atoms with Gasteiger partial charge in [-0.05, 0) is 42.0 Å². The Morgan fingerprint density at radius 3 is 2.19 bits per heavy atom. The van der Waals surface area contributed by atoms with Crippen molar-refractivity contribution in [2.75, 3.05) is 10.6 Å². The molecule has 0 aliphatic heterocycles. The molecular formula is C24H14Cl3F5N2O2. The van der Waals surface area contributed by atoms with Crippen LogP contribution in [-0.2, 0) is 11.0 Å². The van der Waals surface area contributed by atoms with Crippen molar-refractivity contribution in [2.24, 2.45) is 5.92 Å². The Morgan fingerprint density at radius 1 is 0.889 bits per heavy atom. The average molecular weight is 564 g/mol. The fourth-order valence-electron chi connectivity index (χ4n) is 3.77. The number of carbonyl (C=O) groups is 2. The molecule has 0 spiro atoms. The standard InChI is InChI=1S/C24H14Cl3F5N2O2/c25-15-10-17(29)18(9-13(15)21(35)33-12-4-2-1-3-5-12)34-22(36)20-19(23(20,26)27)11-6-7-16(28)14(8-11)24(30,31)32/h1-10,19-20H,(H,33,35)(H,34,36)/t19-,20+/m0/s1. The fraction of sp³-hybridized carbons (Fsp3) is 0.167. The molecular weight excluding hydrogens is 550 g/mol. The highest BCUT2D eigenvalue weighted by Crippen LogP contribution is 2.65. The first-order chi connectivity index (χ1) is 16.8. The van der Waals surface area contributed by atoms with Gasteiger partial charge in [-0.3, -0.25) is 9.59 Å². The molecule has 1 aliphatic carbocycles. The number of benzene rings is 3. The summed E-state index contributed by atoms with van der Waals surface area (Å²) in [5, 5.41) is 4.60.